The van der Waals surface area contributed by atoms with E-state index in [1.54, 1.807) is 46.4 Å². The molecule has 1 aromatic rings. The number of nitrogens with one attached hydrogen (secondary N) is 4. The smallest absolute Gasteiger partial charge is 0.408 e. The molecule has 14 nitrogen and oxygen atoms in total. The van der Waals surface area contributed by atoms with E-state index in [-0.39, 0.29) is 60.4 Å². The van der Waals surface area contributed by atoms with E-state index in [4.69, 9.17) is 9.47 Å². The zero-order valence-corrected chi connectivity index (χ0v) is 39.4. The zero-order chi connectivity index (χ0) is 47.0. The number of carbonyl (C=O) groups excluding carboxylic acids is 7. The Hall–Kier alpha value is -5.27. The molecular formula is C50H73N5O9. The van der Waals surface area contributed by atoms with Gasteiger partial charge in [-0.1, -0.05) is 69.2 Å². The van der Waals surface area contributed by atoms with Crippen LogP contribution in [-0.4, -0.2) is 95.8 Å². The summed E-state index contributed by atoms with van der Waals surface area (Å²) in [6.45, 7) is 15.3. The van der Waals surface area contributed by atoms with E-state index in [0.29, 0.717) is 86.6 Å². The first kappa shape index (κ1) is 51.4. The Kier molecular flexibility index (Phi) is 19.8. The summed E-state index contributed by atoms with van der Waals surface area (Å²) in [5.41, 5.74) is 2.11. The number of amides is 5. The molecule has 4 N–H and O–H groups in total. The first-order valence-electron chi connectivity index (χ1n) is 23.3. The van der Waals surface area contributed by atoms with Crippen LogP contribution in [0.15, 0.2) is 64.8 Å². The van der Waals surface area contributed by atoms with Crippen LogP contribution in [0.1, 0.15) is 138 Å². The summed E-state index contributed by atoms with van der Waals surface area (Å²) in [5.74, 6) is -1.48. The lowest BCUT2D eigenvalue weighted by atomic mass is 9.84. The Bertz CT molecular complexity index is 1910. The molecule has 3 aliphatic rings. The fourth-order valence-corrected chi connectivity index (χ4v) is 8.54. The quantitative estimate of drug-likeness (QED) is 0.0556. The van der Waals surface area contributed by atoms with Gasteiger partial charge in [0.15, 0.2) is 11.6 Å². The molecule has 0 bridgehead atoms. The summed E-state index contributed by atoms with van der Waals surface area (Å²) in [6, 6.07) is 7.76. The number of hydrogen-bond donors (Lipinski definition) is 4. The van der Waals surface area contributed by atoms with E-state index in [1.807, 2.05) is 42.5 Å². The van der Waals surface area contributed by atoms with Crippen LogP contribution in [0.4, 0.5) is 9.59 Å². The molecular weight excluding hydrogens is 815 g/mol. The van der Waals surface area contributed by atoms with Gasteiger partial charge in [-0.05, 0) is 124 Å². The van der Waals surface area contributed by atoms with Gasteiger partial charge in [0.1, 0.15) is 17.7 Å². The molecule has 0 spiro atoms. The number of hydrogen-bond acceptors (Lipinski definition) is 9. The van der Waals surface area contributed by atoms with Gasteiger partial charge in [-0.25, -0.2) is 9.59 Å². The maximum atomic E-state index is 14.5. The highest BCUT2D eigenvalue weighted by molar-refractivity contribution is 6.24. The first-order valence-corrected chi connectivity index (χ1v) is 23.3. The highest BCUT2D eigenvalue weighted by Gasteiger charge is 2.38. The number of likely N-dealkylation sites (tertiary alicyclic amines) is 1. The molecule has 1 heterocycles. The highest BCUT2D eigenvalue weighted by atomic mass is 16.6. The van der Waals surface area contributed by atoms with E-state index in [2.05, 4.69) is 35.1 Å². The van der Waals surface area contributed by atoms with Crippen molar-refractivity contribution in [3.63, 3.8) is 0 Å². The van der Waals surface area contributed by atoms with Gasteiger partial charge in [0.05, 0.1) is 18.6 Å². The molecule has 1 aromatic carbocycles. The van der Waals surface area contributed by atoms with Crippen LogP contribution in [0.3, 0.4) is 0 Å². The van der Waals surface area contributed by atoms with Gasteiger partial charge < -0.3 is 35.6 Å². The maximum Gasteiger partial charge on any atom is 0.408 e. The monoisotopic (exact) mass is 888 g/mol. The molecule has 2 fully saturated rings. The molecule has 5 amide bonds. The minimum absolute atomic E-state index is 0.0456. The number of alkyl carbamates (subject to hydrolysis) is 2. The van der Waals surface area contributed by atoms with E-state index >= 15 is 0 Å². The topological polar surface area (TPSA) is 189 Å². The van der Waals surface area contributed by atoms with Crippen molar-refractivity contribution in [3.8, 4) is 0 Å². The average molecular weight is 888 g/mol. The summed E-state index contributed by atoms with van der Waals surface area (Å²) in [7, 11) is 0. The standard InChI is InChI=1S/C50H73N5O9/c1-32(2)30-39(53-49(62)64-50(6,7)8)26-25-37(31-36-18-10-9-11-19-36)47(60)55-28-16-24-42(55)46(59)54-41(45(58)52-38-20-12-13-21-38)23-14-15-27-51-48(61)63-29-17-22-40-35(5)43(56)33(3)34(4)44(40)57/h9-11,18-19,25-26,32,37-39,41-42H,12-17,20-24,27-31H2,1-8H3,(H,51,61)(H,52,58)(H,53,62)(H,54,59)/b26-25+/t37-,39-,41+,42+/m1/s1. The molecule has 1 saturated heterocycles. The van der Waals surface area contributed by atoms with E-state index in [1.165, 1.54) is 0 Å². The normalized spacial score (nSPS) is 18.6. The van der Waals surface area contributed by atoms with Gasteiger partial charge in [0, 0.05) is 41.4 Å². The van der Waals surface area contributed by atoms with Crippen molar-refractivity contribution >= 4 is 41.5 Å². The van der Waals surface area contributed by atoms with Crippen molar-refractivity contribution in [2.45, 2.75) is 169 Å². The molecule has 1 aliphatic heterocycles. The number of ketones is 2. The van der Waals surface area contributed by atoms with Gasteiger partial charge in [-0.3, -0.25) is 24.0 Å². The third-order valence-electron chi connectivity index (χ3n) is 12.1. The molecule has 352 valence electrons. The van der Waals surface area contributed by atoms with Gasteiger partial charge in [-0.15, -0.1) is 0 Å². The predicted molar refractivity (Wildman–Crippen MR) is 246 cm³/mol. The Balaban J connectivity index is 1.36. The number of ether oxygens (including phenoxy) is 2. The number of allylic oxidation sites excluding steroid dienone is 4. The van der Waals surface area contributed by atoms with E-state index in [9.17, 15) is 33.6 Å². The largest absolute Gasteiger partial charge is 0.450 e. The number of nitrogens with zero attached hydrogens (tertiary/aromatic N) is 1. The Morgan fingerprint density at radius 1 is 0.828 bits per heavy atom. The number of carbonyl (C=O) groups is 7. The number of rotatable bonds is 21. The fourth-order valence-electron chi connectivity index (χ4n) is 8.54. The molecule has 4 atom stereocenters. The molecule has 1 saturated carbocycles. The van der Waals surface area contributed by atoms with Crippen LogP contribution in [0.25, 0.3) is 0 Å². The van der Waals surface area contributed by atoms with Crippen LogP contribution < -0.4 is 21.3 Å². The minimum Gasteiger partial charge on any atom is -0.450 e. The number of unbranched alkanes of at least 4 members (excludes halogenated alkanes) is 1. The average Bonchev–Trinajstić information content (AvgIpc) is 3.95. The molecule has 64 heavy (non-hydrogen) atoms. The summed E-state index contributed by atoms with van der Waals surface area (Å²) in [6.07, 6.45) is 10.6. The van der Waals surface area contributed by atoms with Gasteiger partial charge in [-0.2, -0.15) is 0 Å². The second-order valence-corrected chi connectivity index (χ2v) is 19.0. The van der Waals surface area contributed by atoms with E-state index in [0.717, 1.165) is 31.2 Å². The first-order chi connectivity index (χ1) is 30.3. The van der Waals surface area contributed by atoms with Crippen LogP contribution in [0.2, 0.25) is 0 Å². The lowest BCUT2D eigenvalue weighted by molar-refractivity contribution is -0.141. The lowest BCUT2D eigenvalue weighted by Gasteiger charge is -2.29. The third-order valence-corrected chi connectivity index (χ3v) is 12.1. The second kappa shape index (κ2) is 24.7. The fraction of sp³-hybridized carbons (Fsp3) is 0.620. The summed E-state index contributed by atoms with van der Waals surface area (Å²) >= 11 is 0. The molecule has 0 aromatic heterocycles. The Labute approximate surface area is 380 Å². The molecule has 0 unspecified atom stereocenters. The Morgan fingerprint density at radius 2 is 1.52 bits per heavy atom. The third kappa shape index (κ3) is 16.1. The Morgan fingerprint density at radius 3 is 2.19 bits per heavy atom. The van der Waals surface area contributed by atoms with Crippen molar-refractivity contribution in [1.82, 2.24) is 26.2 Å². The van der Waals surface area contributed by atoms with Gasteiger partial charge >= 0.3 is 12.2 Å². The van der Waals surface area contributed by atoms with Crippen molar-refractivity contribution in [2.24, 2.45) is 11.8 Å². The van der Waals surface area contributed by atoms with Gasteiger partial charge in [0.2, 0.25) is 17.7 Å². The minimum atomic E-state index is -0.831. The van der Waals surface area contributed by atoms with Crippen LogP contribution in [0.5, 0.6) is 0 Å². The van der Waals surface area contributed by atoms with E-state index < -0.39 is 35.8 Å². The second-order valence-electron chi connectivity index (χ2n) is 19.0. The summed E-state index contributed by atoms with van der Waals surface area (Å²) in [4.78, 5) is 94.3. The predicted octanol–water partition coefficient (Wildman–Crippen LogP) is 7.36. The number of Topliss-reactive ketones (excluding diaryl/α,β-unsaturated/α-hetero) is 2. The molecule has 4 rings (SSSR count). The van der Waals surface area contributed by atoms with Crippen molar-refractivity contribution in [2.75, 3.05) is 19.7 Å². The van der Waals surface area contributed by atoms with Crippen LogP contribution in [0, 0.1) is 11.8 Å². The molecule has 14 heteroatoms. The number of benzene rings is 1. The van der Waals surface area contributed by atoms with Crippen molar-refractivity contribution in [3.05, 3.63) is 70.3 Å². The maximum absolute atomic E-state index is 14.5. The zero-order valence-electron chi connectivity index (χ0n) is 39.4. The van der Waals surface area contributed by atoms with Crippen molar-refractivity contribution < 1.29 is 43.0 Å². The molecule has 0 radical (unpaired) electrons. The highest BCUT2D eigenvalue weighted by Crippen LogP contribution is 2.28. The summed E-state index contributed by atoms with van der Waals surface area (Å²) in [5, 5.41) is 11.8. The lowest BCUT2D eigenvalue weighted by Crippen LogP contribution is -2.54. The van der Waals surface area contributed by atoms with Crippen LogP contribution in [-0.2, 0) is 39.9 Å². The molecule has 2 aliphatic carbocycles. The van der Waals surface area contributed by atoms with Crippen LogP contribution >= 0.6 is 0 Å². The summed E-state index contributed by atoms with van der Waals surface area (Å²) < 4.78 is 10.8. The SMILES string of the molecule is CC1=C(C)C(=O)C(CCCOC(=O)NCCCC[C@H](NC(=O)[C@@H]2CCCN2C(=O)[C@H](/C=C/[C@H](CC(C)C)NC(=O)OC(C)(C)C)Cc2ccccc2)C(=O)NC2CCCC2)=C(C)C1=O. The van der Waals surface area contributed by atoms with Crippen molar-refractivity contribution in [1.29, 1.82) is 0 Å². The van der Waals surface area contributed by atoms with Gasteiger partial charge in [0.25, 0.3) is 0 Å².